The molecule has 0 saturated heterocycles. The summed E-state index contributed by atoms with van der Waals surface area (Å²) < 4.78 is 2.13. The van der Waals surface area contributed by atoms with Crippen LogP contribution in [0.5, 0.6) is 0 Å². The summed E-state index contributed by atoms with van der Waals surface area (Å²) in [6, 6.07) is 10.4. The van der Waals surface area contributed by atoms with Gasteiger partial charge in [0, 0.05) is 24.2 Å². The lowest BCUT2D eigenvalue weighted by Crippen LogP contribution is -2.14. The van der Waals surface area contributed by atoms with Crippen molar-refractivity contribution < 1.29 is 4.79 Å². The Morgan fingerprint density at radius 3 is 2.95 bits per heavy atom. The number of para-hydroxylation sites is 1. The molecule has 0 radical (unpaired) electrons. The van der Waals surface area contributed by atoms with E-state index >= 15 is 0 Å². The van der Waals surface area contributed by atoms with Crippen LogP contribution in [0.4, 0.5) is 0 Å². The molecule has 2 heteroatoms. The van der Waals surface area contributed by atoms with Gasteiger partial charge in [0.05, 0.1) is 5.52 Å². The summed E-state index contributed by atoms with van der Waals surface area (Å²) in [5, 5.41) is 1.22. The minimum Gasteiger partial charge on any atom is -0.321 e. The van der Waals surface area contributed by atoms with Crippen LogP contribution in [-0.4, -0.2) is 10.4 Å². The van der Waals surface area contributed by atoms with Gasteiger partial charge in [-0.1, -0.05) is 37.6 Å². The lowest BCUT2D eigenvalue weighted by Gasteiger charge is -2.16. The highest BCUT2D eigenvalue weighted by atomic mass is 16.1. The Kier molecular flexibility index (Phi) is 3.72. The van der Waals surface area contributed by atoms with Crippen LogP contribution in [0.15, 0.2) is 43.1 Å². The average molecular weight is 267 g/mol. The summed E-state index contributed by atoms with van der Waals surface area (Å²) in [5.74, 6) is 0.603. The largest absolute Gasteiger partial charge is 0.321 e. The highest BCUT2D eigenvalue weighted by Crippen LogP contribution is 2.28. The van der Waals surface area contributed by atoms with E-state index in [2.05, 4.69) is 35.5 Å². The van der Waals surface area contributed by atoms with Crippen molar-refractivity contribution in [2.45, 2.75) is 38.5 Å². The van der Waals surface area contributed by atoms with Crippen LogP contribution in [0.1, 0.15) is 38.5 Å². The summed E-state index contributed by atoms with van der Waals surface area (Å²) in [5.41, 5.74) is 2.21. The van der Waals surface area contributed by atoms with Crippen molar-refractivity contribution in [3.05, 3.63) is 43.1 Å². The summed E-state index contributed by atoms with van der Waals surface area (Å²) in [6.07, 6.45) is 8.07. The molecule has 20 heavy (non-hydrogen) atoms. The number of allylic oxidation sites excluding steroid dienone is 1. The number of hydrogen-bond acceptors (Lipinski definition) is 1. The molecule has 3 rings (SSSR count). The molecule has 0 amide bonds. The molecule has 0 N–H and O–H groups in total. The van der Waals surface area contributed by atoms with Crippen LogP contribution < -0.4 is 0 Å². The number of nitrogens with zero attached hydrogens (tertiary/aromatic N) is 1. The fourth-order valence-corrected chi connectivity index (χ4v) is 3.19. The second-order valence-electron chi connectivity index (χ2n) is 5.78. The van der Waals surface area contributed by atoms with Crippen molar-refractivity contribution in [2.75, 3.05) is 0 Å². The van der Waals surface area contributed by atoms with Crippen LogP contribution in [0.2, 0.25) is 0 Å². The van der Waals surface area contributed by atoms with E-state index in [1.54, 1.807) is 0 Å². The van der Waals surface area contributed by atoms with Gasteiger partial charge in [-0.15, -0.1) is 0 Å². The first-order valence-corrected chi connectivity index (χ1v) is 7.52. The Balaban J connectivity index is 1.80. The van der Waals surface area contributed by atoms with Crippen LogP contribution in [0.25, 0.3) is 16.6 Å². The SMILES string of the molecule is C=C(CC1CCCCCC1=O)n1ccc2ccccc21. The molecule has 1 saturated carbocycles. The highest BCUT2D eigenvalue weighted by Gasteiger charge is 2.22. The first-order valence-electron chi connectivity index (χ1n) is 7.52. The van der Waals surface area contributed by atoms with E-state index in [-0.39, 0.29) is 5.92 Å². The van der Waals surface area contributed by atoms with Gasteiger partial charge in [0.1, 0.15) is 5.78 Å². The van der Waals surface area contributed by atoms with Crippen molar-refractivity contribution in [1.82, 2.24) is 4.57 Å². The lowest BCUT2D eigenvalue weighted by atomic mass is 9.94. The van der Waals surface area contributed by atoms with Gasteiger partial charge in [-0.3, -0.25) is 4.79 Å². The van der Waals surface area contributed by atoms with E-state index in [0.29, 0.717) is 5.78 Å². The summed E-state index contributed by atoms with van der Waals surface area (Å²) in [6.45, 7) is 4.22. The van der Waals surface area contributed by atoms with Crippen molar-refractivity contribution >= 4 is 22.4 Å². The van der Waals surface area contributed by atoms with Gasteiger partial charge in [-0.25, -0.2) is 0 Å². The maximum Gasteiger partial charge on any atom is 0.136 e. The molecule has 0 aliphatic heterocycles. The predicted octanol–water partition coefficient (Wildman–Crippen LogP) is 4.65. The molecule has 2 aromatic rings. The fraction of sp³-hybridized carbons (Fsp3) is 0.389. The van der Waals surface area contributed by atoms with E-state index < -0.39 is 0 Å². The second kappa shape index (κ2) is 5.66. The van der Waals surface area contributed by atoms with Gasteiger partial charge in [-0.2, -0.15) is 0 Å². The van der Waals surface area contributed by atoms with Gasteiger partial charge in [0.2, 0.25) is 0 Å². The number of carbonyl (C=O) groups excluding carboxylic acids is 1. The van der Waals surface area contributed by atoms with Crippen molar-refractivity contribution in [3.8, 4) is 0 Å². The standard InChI is InChI=1S/C18H21NO/c1-14(13-16-8-3-2-4-10-18(16)20)19-12-11-15-7-5-6-9-17(15)19/h5-7,9,11-12,16H,1-4,8,10,13H2. The number of benzene rings is 1. The highest BCUT2D eigenvalue weighted by molar-refractivity contribution is 5.85. The molecule has 2 nitrogen and oxygen atoms in total. The van der Waals surface area contributed by atoms with Crippen LogP contribution in [0.3, 0.4) is 0 Å². The molecule has 1 fully saturated rings. The van der Waals surface area contributed by atoms with E-state index in [9.17, 15) is 4.79 Å². The Morgan fingerprint density at radius 1 is 1.20 bits per heavy atom. The van der Waals surface area contributed by atoms with Crippen molar-refractivity contribution in [1.29, 1.82) is 0 Å². The molecule has 1 aliphatic rings. The number of ketones is 1. The Hall–Kier alpha value is -1.83. The van der Waals surface area contributed by atoms with Crippen molar-refractivity contribution in [2.24, 2.45) is 5.92 Å². The molecule has 1 aliphatic carbocycles. The van der Waals surface area contributed by atoms with E-state index in [1.807, 2.05) is 12.1 Å². The van der Waals surface area contributed by atoms with Crippen LogP contribution in [0, 0.1) is 5.92 Å². The number of fused-ring (bicyclic) bond motifs is 1. The number of Topliss-reactive ketones (excluding diaryl/α,β-unsaturated/α-hetero) is 1. The Bertz CT molecular complexity index is 638. The zero-order valence-corrected chi connectivity index (χ0v) is 11.8. The Morgan fingerprint density at radius 2 is 2.05 bits per heavy atom. The predicted molar refractivity (Wildman–Crippen MR) is 83.5 cm³/mol. The third-order valence-corrected chi connectivity index (χ3v) is 4.35. The second-order valence-corrected chi connectivity index (χ2v) is 5.78. The maximum absolute atomic E-state index is 12.1. The topological polar surface area (TPSA) is 22.0 Å². The molecule has 104 valence electrons. The van der Waals surface area contributed by atoms with Gasteiger partial charge < -0.3 is 4.57 Å². The maximum atomic E-state index is 12.1. The monoisotopic (exact) mass is 267 g/mol. The average Bonchev–Trinajstić information content (AvgIpc) is 2.79. The first kappa shape index (κ1) is 13.2. The third kappa shape index (κ3) is 2.55. The number of aromatic nitrogens is 1. The summed E-state index contributed by atoms with van der Waals surface area (Å²) >= 11 is 0. The summed E-state index contributed by atoms with van der Waals surface area (Å²) in [4.78, 5) is 12.1. The molecule has 1 atom stereocenters. The molecule has 0 bridgehead atoms. The molecule has 1 aromatic heterocycles. The molecular formula is C18H21NO. The zero-order valence-electron chi connectivity index (χ0n) is 11.8. The molecule has 1 heterocycles. The van der Waals surface area contributed by atoms with Gasteiger partial charge in [0.15, 0.2) is 0 Å². The van der Waals surface area contributed by atoms with Gasteiger partial charge >= 0.3 is 0 Å². The van der Waals surface area contributed by atoms with Crippen molar-refractivity contribution in [3.63, 3.8) is 0 Å². The number of hydrogen-bond donors (Lipinski definition) is 0. The number of rotatable bonds is 3. The Labute approximate surface area is 120 Å². The smallest absolute Gasteiger partial charge is 0.136 e. The molecule has 1 aromatic carbocycles. The zero-order chi connectivity index (χ0) is 13.9. The number of carbonyl (C=O) groups is 1. The molecule has 0 spiro atoms. The first-order chi connectivity index (χ1) is 9.75. The van der Waals surface area contributed by atoms with E-state index in [1.165, 1.54) is 23.7 Å². The van der Waals surface area contributed by atoms with E-state index in [0.717, 1.165) is 31.4 Å². The summed E-state index contributed by atoms with van der Waals surface area (Å²) in [7, 11) is 0. The third-order valence-electron chi connectivity index (χ3n) is 4.35. The fourth-order valence-electron chi connectivity index (χ4n) is 3.19. The van der Waals surface area contributed by atoms with Crippen LogP contribution in [-0.2, 0) is 4.79 Å². The van der Waals surface area contributed by atoms with E-state index in [4.69, 9.17) is 0 Å². The minimum absolute atomic E-state index is 0.172. The molecular weight excluding hydrogens is 246 g/mol. The lowest BCUT2D eigenvalue weighted by molar-refractivity contribution is -0.122. The normalized spacial score (nSPS) is 20.0. The van der Waals surface area contributed by atoms with Crippen LogP contribution >= 0.6 is 0 Å². The van der Waals surface area contributed by atoms with Gasteiger partial charge in [-0.05, 0) is 36.8 Å². The van der Waals surface area contributed by atoms with Gasteiger partial charge in [0.25, 0.3) is 0 Å². The minimum atomic E-state index is 0.172. The quantitative estimate of drug-likeness (QED) is 0.742. The molecule has 1 unspecified atom stereocenters.